The molecule has 2 aromatic rings. The van der Waals surface area contributed by atoms with Gasteiger partial charge in [0.25, 0.3) is 5.91 Å². The summed E-state index contributed by atoms with van der Waals surface area (Å²) in [5.74, 6) is 2.77. The molecule has 0 atom stereocenters. The Morgan fingerprint density at radius 3 is 2.32 bits per heavy atom. The molecule has 0 aliphatic carbocycles. The molecule has 0 saturated carbocycles. The number of carbonyl (C=O) groups excluding carboxylic acids is 1. The van der Waals surface area contributed by atoms with E-state index >= 15 is 0 Å². The molecule has 1 heterocycles. The van der Waals surface area contributed by atoms with Gasteiger partial charge in [-0.2, -0.15) is 0 Å². The molecule has 1 amide bonds. The van der Waals surface area contributed by atoms with Crippen molar-refractivity contribution in [3.05, 3.63) is 52.9 Å². The standard InChI is InChI=1S/C23H25NO5S2/c1-4-24-22(25)21(31-23(24)30)15-16-6-11-19(20(14-16)27-3)29-13-5-12-28-18-9-7-17(26-2)8-10-18/h6-11,14-15H,4-5,12-13H2,1-3H3. The zero-order chi connectivity index (χ0) is 22.2. The molecule has 1 saturated heterocycles. The summed E-state index contributed by atoms with van der Waals surface area (Å²) in [6.45, 7) is 3.50. The van der Waals surface area contributed by atoms with Gasteiger partial charge in [-0.05, 0) is 55.0 Å². The molecular weight excluding hydrogens is 434 g/mol. The number of thiocarbonyl (C=S) groups is 1. The van der Waals surface area contributed by atoms with E-state index in [4.69, 9.17) is 31.2 Å². The maximum Gasteiger partial charge on any atom is 0.266 e. The van der Waals surface area contributed by atoms with E-state index < -0.39 is 0 Å². The second-order valence-corrected chi connectivity index (χ2v) is 8.24. The van der Waals surface area contributed by atoms with Gasteiger partial charge in [0.1, 0.15) is 15.8 Å². The van der Waals surface area contributed by atoms with E-state index in [0.717, 1.165) is 23.5 Å². The number of hydrogen-bond acceptors (Lipinski definition) is 7. The highest BCUT2D eigenvalue weighted by molar-refractivity contribution is 8.26. The highest BCUT2D eigenvalue weighted by atomic mass is 32.2. The number of ether oxygens (including phenoxy) is 4. The lowest BCUT2D eigenvalue weighted by Crippen LogP contribution is -2.27. The normalized spacial score (nSPS) is 14.8. The largest absolute Gasteiger partial charge is 0.497 e. The van der Waals surface area contributed by atoms with Crippen LogP contribution in [-0.2, 0) is 4.79 Å². The number of methoxy groups -OCH3 is 2. The molecule has 0 spiro atoms. The van der Waals surface area contributed by atoms with Crippen molar-refractivity contribution in [1.29, 1.82) is 0 Å². The van der Waals surface area contributed by atoms with E-state index in [0.29, 0.717) is 40.5 Å². The molecule has 164 valence electrons. The number of amides is 1. The van der Waals surface area contributed by atoms with Crippen LogP contribution < -0.4 is 18.9 Å². The van der Waals surface area contributed by atoms with Crippen LogP contribution in [0.5, 0.6) is 23.0 Å². The molecule has 1 aliphatic rings. The predicted molar refractivity (Wildman–Crippen MR) is 127 cm³/mol. The number of thioether (sulfide) groups is 1. The van der Waals surface area contributed by atoms with Gasteiger partial charge in [-0.25, -0.2) is 0 Å². The van der Waals surface area contributed by atoms with Gasteiger partial charge in [0.05, 0.1) is 32.3 Å². The molecule has 6 nitrogen and oxygen atoms in total. The second-order valence-electron chi connectivity index (χ2n) is 6.56. The Hall–Kier alpha value is -2.71. The molecule has 31 heavy (non-hydrogen) atoms. The van der Waals surface area contributed by atoms with Crippen LogP contribution >= 0.6 is 24.0 Å². The summed E-state index contributed by atoms with van der Waals surface area (Å²) in [5, 5.41) is 0. The third-order valence-electron chi connectivity index (χ3n) is 4.55. The van der Waals surface area contributed by atoms with Crippen molar-refractivity contribution >= 4 is 40.3 Å². The minimum absolute atomic E-state index is 0.0614. The molecule has 0 N–H and O–H groups in total. The minimum Gasteiger partial charge on any atom is -0.497 e. The van der Waals surface area contributed by atoms with E-state index in [9.17, 15) is 4.79 Å². The van der Waals surface area contributed by atoms with Crippen LogP contribution in [0, 0.1) is 0 Å². The van der Waals surface area contributed by atoms with Crippen molar-refractivity contribution in [2.75, 3.05) is 34.0 Å². The van der Waals surface area contributed by atoms with E-state index in [1.807, 2.05) is 55.5 Å². The first kappa shape index (κ1) is 23.0. The fraction of sp³-hybridized carbons (Fsp3) is 0.304. The topological polar surface area (TPSA) is 57.2 Å². The number of benzene rings is 2. The number of nitrogens with zero attached hydrogens (tertiary/aromatic N) is 1. The monoisotopic (exact) mass is 459 g/mol. The van der Waals surface area contributed by atoms with Crippen molar-refractivity contribution in [3.8, 4) is 23.0 Å². The van der Waals surface area contributed by atoms with E-state index in [-0.39, 0.29) is 5.91 Å². The molecular formula is C23H25NO5S2. The predicted octanol–water partition coefficient (Wildman–Crippen LogP) is 4.77. The lowest BCUT2D eigenvalue weighted by Gasteiger charge is -2.12. The number of carbonyl (C=O) groups is 1. The van der Waals surface area contributed by atoms with Gasteiger partial charge < -0.3 is 18.9 Å². The summed E-state index contributed by atoms with van der Waals surface area (Å²) in [5.41, 5.74) is 0.851. The Morgan fingerprint density at radius 1 is 0.968 bits per heavy atom. The first-order valence-corrected chi connectivity index (χ1v) is 11.1. The molecule has 0 aromatic heterocycles. The van der Waals surface area contributed by atoms with Crippen LogP contribution in [-0.4, -0.2) is 49.1 Å². The molecule has 0 unspecified atom stereocenters. The Labute approximate surface area is 192 Å². The molecule has 0 bridgehead atoms. The highest BCUT2D eigenvalue weighted by Gasteiger charge is 2.30. The third-order valence-corrected chi connectivity index (χ3v) is 5.93. The van der Waals surface area contributed by atoms with Gasteiger partial charge >= 0.3 is 0 Å². The van der Waals surface area contributed by atoms with Crippen LogP contribution in [0.3, 0.4) is 0 Å². The van der Waals surface area contributed by atoms with E-state index in [1.165, 1.54) is 11.8 Å². The lowest BCUT2D eigenvalue weighted by molar-refractivity contribution is -0.121. The Morgan fingerprint density at radius 2 is 1.68 bits per heavy atom. The first-order valence-electron chi connectivity index (χ1n) is 9.88. The number of hydrogen-bond donors (Lipinski definition) is 0. The number of rotatable bonds is 10. The van der Waals surface area contributed by atoms with Crippen molar-refractivity contribution in [3.63, 3.8) is 0 Å². The first-order chi connectivity index (χ1) is 15.0. The molecule has 2 aromatic carbocycles. The van der Waals surface area contributed by atoms with E-state index in [2.05, 4.69) is 0 Å². The highest BCUT2D eigenvalue weighted by Crippen LogP contribution is 2.34. The average Bonchev–Trinajstić information content (AvgIpc) is 3.06. The Kier molecular flexibility index (Phi) is 8.20. The third kappa shape index (κ3) is 5.92. The summed E-state index contributed by atoms with van der Waals surface area (Å²) < 4.78 is 22.7. The molecule has 0 radical (unpaired) electrons. The maximum atomic E-state index is 12.4. The average molecular weight is 460 g/mol. The fourth-order valence-corrected chi connectivity index (χ4v) is 4.30. The Balaban J connectivity index is 1.53. The van der Waals surface area contributed by atoms with Crippen molar-refractivity contribution in [2.24, 2.45) is 0 Å². The Bertz CT molecular complexity index is 959. The minimum atomic E-state index is -0.0614. The van der Waals surface area contributed by atoms with Gasteiger partial charge in [-0.1, -0.05) is 30.0 Å². The summed E-state index contributed by atoms with van der Waals surface area (Å²) in [7, 11) is 3.22. The summed E-state index contributed by atoms with van der Waals surface area (Å²) in [6.07, 6.45) is 2.54. The molecule has 1 fully saturated rings. The summed E-state index contributed by atoms with van der Waals surface area (Å²) in [4.78, 5) is 14.6. The van der Waals surface area contributed by atoms with Crippen LogP contribution in [0.1, 0.15) is 18.9 Å². The van der Waals surface area contributed by atoms with Gasteiger partial charge in [0, 0.05) is 13.0 Å². The smallest absolute Gasteiger partial charge is 0.266 e. The van der Waals surface area contributed by atoms with Gasteiger partial charge in [-0.15, -0.1) is 0 Å². The zero-order valence-electron chi connectivity index (χ0n) is 17.8. The molecule has 8 heteroatoms. The van der Waals surface area contributed by atoms with Crippen LogP contribution in [0.4, 0.5) is 0 Å². The number of likely N-dealkylation sites (N-methyl/N-ethyl adjacent to an activating group) is 1. The van der Waals surface area contributed by atoms with Gasteiger partial charge in [0.2, 0.25) is 0 Å². The van der Waals surface area contributed by atoms with Gasteiger partial charge in [-0.3, -0.25) is 9.69 Å². The van der Waals surface area contributed by atoms with Crippen molar-refractivity contribution in [2.45, 2.75) is 13.3 Å². The molecule has 1 aliphatic heterocycles. The van der Waals surface area contributed by atoms with Crippen LogP contribution in [0.2, 0.25) is 0 Å². The van der Waals surface area contributed by atoms with Crippen LogP contribution in [0.15, 0.2) is 47.4 Å². The lowest BCUT2D eigenvalue weighted by atomic mass is 10.2. The maximum absolute atomic E-state index is 12.4. The van der Waals surface area contributed by atoms with Gasteiger partial charge in [0.15, 0.2) is 11.5 Å². The summed E-state index contributed by atoms with van der Waals surface area (Å²) in [6, 6.07) is 13.0. The van der Waals surface area contributed by atoms with Crippen LogP contribution in [0.25, 0.3) is 6.08 Å². The van der Waals surface area contributed by atoms with Crippen molar-refractivity contribution < 1.29 is 23.7 Å². The zero-order valence-corrected chi connectivity index (χ0v) is 19.4. The summed E-state index contributed by atoms with van der Waals surface area (Å²) >= 11 is 6.57. The van der Waals surface area contributed by atoms with Crippen molar-refractivity contribution in [1.82, 2.24) is 4.90 Å². The second kappa shape index (κ2) is 11.1. The van der Waals surface area contributed by atoms with E-state index in [1.54, 1.807) is 19.1 Å². The fourth-order valence-electron chi connectivity index (χ4n) is 2.92. The molecule has 3 rings (SSSR count). The SMILES string of the molecule is CCN1C(=O)C(=Cc2ccc(OCCCOc3ccc(OC)cc3)c(OC)c2)SC1=S. The quantitative estimate of drug-likeness (QED) is 0.288.